The van der Waals surface area contributed by atoms with Gasteiger partial charge >= 0.3 is 0 Å². The number of anilines is 1. The van der Waals surface area contributed by atoms with Gasteiger partial charge in [0.05, 0.1) is 11.1 Å². The van der Waals surface area contributed by atoms with Crippen molar-refractivity contribution in [3.63, 3.8) is 0 Å². The molecule has 0 atom stereocenters. The lowest BCUT2D eigenvalue weighted by atomic mass is 10.2. The van der Waals surface area contributed by atoms with E-state index in [9.17, 15) is 14.9 Å². The number of nitrogens with one attached hydrogen (secondary N) is 1. The summed E-state index contributed by atoms with van der Waals surface area (Å²) in [6, 6.07) is 13.9. The second-order valence-corrected chi connectivity index (χ2v) is 6.20. The number of carbonyl (C=O) groups excluding carboxylic acids is 1. The average Bonchev–Trinajstić information content (AvgIpc) is 3.16. The van der Waals surface area contributed by atoms with E-state index in [1.165, 1.54) is 12.3 Å². The minimum atomic E-state index is -0.466. The standard InChI is InChI=1S/C18H18N8O3/c1-24(2)15-9-8-13(10-16(15)26(28)29)11-19-20-17(27)12-25-22-18(21-23-25)14-6-4-3-5-7-14/h3-11H,12H2,1-2H3,(H,20,27). The average molecular weight is 394 g/mol. The van der Waals surface area contributed by atoms with Crippen LogP contribution in [0.5, 0.6) is 0 Å². The number of hydrogen-bond donors (Lipinski definition) is 1. The van der Waals surface area contributed by atoms with Gasteiger partial charge in [0.2, 0.25) is 5.82 Å². The molecule has 11 nitrogen and oxygen atoms in total. The van der Waals surface area contributed by atoms with Crippen LogP contribution >= 0.6 is 0 Å². The van der Waals surface area contributed by atoms with E-state index in [0.717, 1.165) is 10.4 Å². The van der Waals surface area contributed by atoms with Crippen molar-refractivity contribution in [1.82, 2.24) is 25.6 Å². The van der Waals surface area contributed by atoms with Gasteiger partial charge in [0.15, 0.2) is 0 Å². The van der Waals surface area contributed by atoms with E-state index >= 15 is 0 Å². The number of benzene rings is 2. The Bertz CT molecular complexity index is 1050. The molecule has 0 saturated carbocycles. The molecule has 1 heterocycles. The maximum Gasteiger partial charge on any atom is 0.293 e. The van der Waals surface area contributed by atoms with Crippen molar-refractivity contribution < 1.29 is 9.72 Å². The molecule has 1 N–H and O–H groups in total. The molecule has 148 valence electrons. The summed E-state index contributed by atoms with van der Waals surface area (Å²) < 4.78 is 0. The van der Waals surface area contributed by atoms with Crippen LogP contribution in [0, 0.1) is 10.1 Å². The SMILES string of the molecule is CN(C)c1ccc(C=NNC(=O)Cn2nnc(-c3ccccc3)n2)cc1[N+](=O)[O-]. The van der Waals surface area contributed by atoms with Crippen molar-refractivity contribution in [2.45, 2.75) is 6.54 Å². The summed E-state index contributed by atoms with van der Waals surface area (Å²) in [5.74, 6) is -0.0483. The van der Waals surface area contributed by atoms with Crippen LogP contribution in [-0.4, -0.2) is 51.3 Å². The van der Waals surface area contributed by atoms with Crippen LogP contribution in [0.2, 0.25) is 0 Å². The molecule has 0 radical (unpaired) electrons. The van der Waals surface area contributed by atoms with Crippen LogP contribution in [0.15, 0.2) is 53.6 Å². The molecule has 0 unspecified atom stereocenters. The number of nitro groups is 1. The van der Waals surface area contributed by atoms with E-state index in [2.05, 4.69) is 25.9 Å². The van der Waals surface area contributed by atoms with Gasteiger partial charge in [-0.1, -0.05) is 36.4 Å². The van der Waals surface area contributed by atoms with Crippen molar-refractivity contribution >= 4 is 23.5 Å². The second kappa shape index (κ2) is 8.69. The normalized spacial score (nSPS) is 10.8. The third kappa shape index (κ3) is 4.97. The van der Waals surface area contributed by atoms with Gasteiger partial charge in [-0.25, -0.2) is 5.43 Å². The largest absolute Gasteiger partial charge is 0.372 e. The van der Waals surface area contributed by atoms with E-state index in [0.29, 0.717) is 17.1 Å². The summed E-state index contributed by atoms with van der Waals surface area (Å²) in [6.45, 7) is -0.170. The highest BCUT2D eigenvalue weighted by atomic mass is 16.6. The van der Waals surface area contributed by atoms with E-state index < -0.39 is 10.8 Å². The van der Waals surface area contributed by atoms with Gasteiger partial charge in [0.25, 0.3) is 11.6 Å². The van der Waals surface area contributed by atoms with Crippen LogP contribution in [-0.2, 0) is 11.3 Å². The minimum Gasteiger partial charge on any atom is -0.372 e. The fraction of sp³-hybridized carbons (Fsp3) is 0.167. The van der Waals surface area contributed by atoms with Crippen molar-refractivity contribution in [2.75, 3.05) is 19.0 Å². The molecular formula is C18H18N8O3. The third-order valence-corrected chi connectivity index (χ3v) is 3.85. The van der Waals surface area contributed by atoms with Crippen LogP contribution in [0.4, 0.5) is 11.4 Å². The zero-order valence-corrected chi connectivity index (χ0v) is 15.8. The van der Waals surface area contributed by atoms with Crippen LogP contribution < -0.4 is 10.3 Å². The molecule has 2 aromatic carbocycles. The summed E-state index contributed by atoms with van der Waals surface area (Å²) in [4.78, 5) is 25.5. The van der Waals surface area contributed by atoms with Gasteiger partial charge in [-0.3, -0.25) is 14.9 Å². The minimum absolute atomic E-state index is 0.0504. The van der Waals surface area contributed by atoms with Crippen LogP contribution in [0.3, 0.4) is 0 Å². The Morgan fingerprint density at radius 1 is 1.28 bits per heavy atom. The number of rotatable bonds is 7. The van der Waals surface area contributed by atoms with E-state index in [-0.39, 0.29) is 12.2 Å². The topological polar surface area (TPSA) is 131 Å². The van der Waals surface area contributed by atoms with Gasteiger partial charge < -0.3 is 4.90 Å². The fourth-order valence-corrected chi connectivity index (χ4v) is 2.50. The Labute approximate surface area is 165 Å². The lowest BCUT2D eigenvalue weighted by Crippen LogP contribution is -2.24. The number of nitrogens with zero attached hydrogens (tertiary/aromatic N) is 7. The molecule has 0 fully saturated rings. The molecule has 1 aromatic heterocycles. The van der Waals surface area contributed by atoms with E-state index in [1.54, 1.807) is 31.1 Å². The molecule has 1 amide bonds. The second-order valence-electron chi connectivity index (χ2n) is 6.20. The number of carbonyl (C=O) groups is 1. The molecule has 0 aliphatic rings. The first-order valence-electron chi connectivity index (χ1n) is 8.55. The molecule has 0 aliphatic carbocycles. The highest BCUT2D eigenvalue weighted by Crippen LogP contribution is 2.27. The van der Waals surface area contributed by atoms with Crippen molar-refractivity contribution in [1.29, 1.82) is 0 Å². The van der Waals surface area contributed by atoms with Crippen LogP contribution in [0.25, 0.3) is 11.4 Å². The lowest BCUT2D eigenvalue weighted by Gasteiger charge is -2.12. The maximum absolute atomic E-state index is 12.0. The third-order valence-electron chi connectivity index (χ3n) is 3.85. The number of aromatic nitrogens is 4. The van der Waals surface area contributed by atoms with Gasteiger partial charge in [-0.15, -0.1) is 10.2 Å². The Balaban J connectivity index is 1.61. The highest BCUT2D eigenvalue weighted by molar-refractivity contribution is 5.84. The van der Waals surface area contributed by atoms with Crippen molar-refractivity contribution in [3.8, 4) is 11.4 Å². The number of amides is 1. The number of hydrazone groups is 1. The summed E-state index contributed by atoms with van der Waals surface area (Å²) in [5, 5.41) is 26.9. The summed E-state index contributed by atoms with van der Waals surface area (Å²) in [6.07, 6.45) is 1.33. The van der Waals surface area contributed by atoms with Gasteiger partial charge in [0.1, 0.15) is 12.2 Å². The van der Waals surface area contributed by atoms with E-state index in [4.69, 9.17) is 0 Å². The van der Waals surface area contributed by atoms with Gasteiger partial charge in [0, 0.05) is 31.3 Å². The van der Waals surface area contributed by atoms with Gasteiger partial charge in [-0.05, 0) is 11.3 Å². The molecular weight excluding hydrogens is 376 g/mol. The first-order chi connectivity index (χ1) is 13.9. The van der Waals surface area contributed by atoms with Crippen molar-refractivity contribution in [2.24, 2.45) is 5.10 Å². The molecule has 11 heteroatoms. The number of nitro benzene ring substituents is 1. The van der Waals surface area contributed by atoms with Crippen LogP contribution in [0.1, 0.15) is 5.56 Å². The first-order valence-corrected chi connectivity index (χ1v) is 8.55. The fourth-order valence-electron chi connectivity index (χ4n) is 2.50. The number of hydrogen-bond acceptors (Lipinski definition) is 8. The monoisotopic (exact) mass is 394 g/mol. The molecule has 0 spiro atoms. The Kier molecular flexibility index (Phi) is 5.88. The summed E-state index contributed by atoms with van der Waals surface area (Å²) in [7, 11) is 3.44. The smallest absolute Gasteiger partial charge is 0.293 e. The predicted octanol–water partition coefficient (Wildman–Crippen LogP) is 1.46. The highest BCUT2D eigenvalue weighted by Gasteiger charge is 2.15. The van der Waals surface area contributed by atoms with Gasteiger partial charge in [-0.2, -0.15) is 9.90 Å². The predicted molar refractivity (Wildman–Crippen MR) is 106 cm³/mol. The molecule has 3 aromatic rings. The quantitative estimate of drug-likeness (QED) is 0.364. The number of tetrazole rings is 1. The molecule has 0 aliphatic heterocycles. The Morgan fingerprint density at radius 3 is 2.72 bits per heavy atom. The summed E-state index contributed by atoms with van der Waals surface area (Å²) in [5.41, 5.74) is 4.03. The first kappa shape index (κ1) is 19.6. The lowest BCUT2D eigenvalue weighted by molar-refractivity contribution is -0.384. The zero-order valence-electron chi connectivity index (χ0n) is 15.8. The summed E-state index contributed by atoms with van der Waals surface area (Å²) >= 11 is 0. The molecule has 3 rings (SSSR count). The Hall–Kier alpha value is -4.15. The molecule has 0 bridgehead atoms. The molecule has 0 saturated heterocycles. The van der Waals surface area contributed by atoms with E-state index in [1.807, 2.05) is 30.3 Å². The maximum atomic E-state index is 12.0. The molecule has 29 heavy (non-hydrogen) atoms. The van der Waals surface area contributed by atoms with Crippen molar-refractivity contribution in [3.05, 3.63) is 64.2 Å². The Morgan fingerprint density at radius 2 is 2.03 bits per heavy atom. The zero-order chi connectivity index (χ0) is 20.8.